The van der Waals surface area contributed by atoms with Crippen LogP contribution in [0, 0.1) is 12.7 Å². The molecule has 0 spiro atoms. The monoisotopic (exact) mass is 342 g/mol. The maximum absolute atomic E-state index is 13.8. The predicted molar refractivity (Wildman–Crippen MR) is 89.7 cm³/mol. The summed E-state index contributed by atoms with van der Waals surface area (Å²) in [4.78, 5) is 12.5. The fourth-order valence-corrected chi connectivity index (χ4v) is 3.34. The summed E-state index contributed by atoms with van der Waals surface area (Å²) < 4.78 is 21.4. The lowest BCUT2D eigenvalue weighted by molar-refractivity contribution is 0.0922. The molecule has 7 heteroatoms. The smallest absolute Gasteiger partial charge is 0.287 e. The van der Waals surface area contributed by atoms with Gasteiger partial charge in [0.05, 0.1) is 6.54 Å². The maximum Gasteiger partial charge on any atom is 0.287 e. The average Bonchev–Trinajstić information content (AvgIpc) is 3.06. The molecule has 1 aliphatic heterocycles. The third-order valence-electron chi connectivity index (χ3n) is 4.72. The number of para-hydroxylation sites is 1. The first-order valence-corrected chi connectivity index (χ1v) is 8.52. The molecule has 0 fully saturated rings. The minimum atomic E-state index is -0.470. The summed E-state index contributed by atoms with van der Waals surface area (Å²) in [5, 5.41) is 11.8. The van der Waals surface area contributed by atoms with Crippen molar-refractivity contribution >= 4 is 16.9 Å². The Balaban J connectivity index is 1.54. The Morgan fingerprint density at radius 3 is 3.04 bits per heavy atom. The van der Waals surface area contributed by atoms with Gasteiger partial charge in [0.1, 0.15) is 5.82 Å². The van der Waals surface area contributed by atoms with Crippen molar-refractivity contribution in [1.82, 2.24) is 20.1 Å². The number of carbonyl (C=O) groups is 1. The van der Waals surface area contributed by atoms with E-state index < -0.39 is 5.82 Å². The second kappa shape index (κ2) is 6.31. The molecule has 0 unspecified atom stereocenters. The highest BCUT2D eigenvalue weighted by atomic mass is 19.1. The summed E-state index contributed by atoms with van der Waals surface area (Å²) in [5.74, 6) is 1.01. The van der Waals surface area contributed by atoms with Crippen molar-refractivity contribution in [2.45, 2.75) is 45.7 Å². The molecule has 0 atom stereocenters. The molecule has 3 heterocycles. The van der Waals surface area contributed by atoms with Crippen LogP contribution in [0.1, 0.15) is 47.0 Å². The van der Waals surface area contributed by atoms with Gasteiger partial charge in [-0.15, -0.1) is 10.2 Å². The van der Waals surface area contributed by atoms with Gasteiger partial charge in [0.15, 0.2) is 23.0 Å². The number of aryl methyl sites for hydroxylation is 2. The Labute approximate surface area is 144 Å². The molecule has 0 saturated heterocycles. The molecule has 4 rings (SSSR count). The van der Waals surface area contributed by atoms with Crippen LogP contribution >= 0.6 is 0 Å². The van der Waals surface area contributed by atoms with Gasteiger partial charge < -0.3 is 14.3 Å². The zero-order valence-electron chi connectivity index (χ0n) is 14.0. The SMILES string of the molecule is Cc1c(C(=O)NCc2nnc3n2CCCCC3)oc2c(F)cccc12. The minimum Gasteiger partial charge on any atom is -0.448 e. The molecule has 0 saturated carbocycles. The van der Waals surface area contributed by atoms with Crippen LogP contribution in [0.5, 0.6) is 0 Å². The van der Waals surface area contributed by atoms with Crippen LogP contribution in [0.25, 0.3) is 11.0 Å². The number of fused-ring (bicyclic) bond motifs is 2. The Morgan fingerprint density at radius 2 is 2.20 bits per heavy atom. The van der Waals surface area contributed by atoms with E-state index in [1.807, 2.05) is 0 Å². The minimum absolute atomic E-state index is 0.112. The lowest BCUT2D eigenvalue weighted by Gasteiger charge is -2.07. The fraction of sp³-hybridized carbons (Fsp3) is 0.389. The summed E-state index contributed by atoms with van der Waals surface area (Å²) >= 11 is 0. The topological polar surface area (TPSA) is 73.0 Å². The van der Waals surface area contributed by atoms with E-state index >= 15 is 0 Å². The number of amides is 1. The Morgan fingerprint density at radius 1 is 1.32 bits per heavy atom. The van der Waals surface area contributed by atoms with Crippen molar-refractivity contribution in [2.75, 3.05) is 0 Å². The second-order valence-corrected chi connectivity index (χ2v) is 6.35. The number of benzene rings is 1. The molecule has 1 N–H and O–H groups in total. The molecule has 0 bridgehead atoms. The molecule has 0 radical (unpaired) electrons. The highest BCUT2D eigenvalue weighted by Gasteiger charge is 2.21. The van der Waals surface area contributed by atoms with Gasteiger partial charge in [-0.3, -0.25) is 4.79 Å². The molecule has 1 aliphatic rings. The standard InChI is InChI=1S/C18H19FN4O2/c1-11-12-6-5-7-13(19)17(12)25-16(11)18(24)20-10-15-22-21-14-8-3-2-4-9-23(14)15/h5-7H,2-4,8-10H2,1H3,(H,20,24). The predicted octanol–water partition coefficient (Wildman–Crippen LogP) is 3.13. The van der Waals surface area contributed by atoms with Crippen LogP contribution in [0.4, 0.5) is 4.39 Å². The Bertz CT molecular complexity index is 944. The van der Waals surface area contributed by atoms with E-state index in [4.69, 9.17) is 4.42 Å². The van der Waals surface area contributed by atoms with Crippen LogP contribution in [0.3, 0.4) is 0 Å². The molecule has 0 aliphatic carbocycles. The number of furan rings is 1. The number of rotatable bonds is 3. The van der Waals surface area contributed by atoms with Crippen LogP contribution in [0.15, 0.2) is 22.6 Å². The quantitative estimate of drug-likeness (QED) is 0.794. The number of carbonyl (C=O) groups excluding carboxylic acids is 1. The van der Waals surface area contributed by atoms with E-state index in [2.05, 4.69) is 20.1 Å². The van der Waals surface area contributed by atoms with E-state index in [0.29, 0.717) is 10.9 Å². The van der Waals surface area contributed by atoms with Gasteiger partial charge in [0.2, 0.25) is 0 Å². The van der Waals surface area contributed by atoms with Crippen LogP contribution in [0.2, 0.25) is 0 Å². The van der Waals surface area contributed by atoms with Crippen molar-refractivity contribution in [3.63, 3.8) is 0 Å². The largest absolute Gasteiger partial charge is 0.448 e. The van der Waals surface area contributed by atoms with Crippen molar-refractivity contribution in [3.8, 4) is 0 Å². The molecule has 2 aromatic heterocycles. The highest BCUT2D eigenvalue weighted by molar-refractivity contribution is 5.98. The number of nitrogens with one attached hydrogen (secondary N) is 1. The van der Waals surface area contributed by atoms with Gasteiger partial charge in [0, 0.05) is 23.9 Å². The zero-order chi connectivity index (χ0) is 17.4. The molecule has 3 aromatic rings. The second-order valence-electron chi connectivity index (χ2n) is 6.35. The van der Waals surface area contributed by atoms with E-state index in [-0.39, 0.29) is 23.8 Å². The molecule has 130 valence electrons. The summed E-state index contributed by atoms with van der Waals surface area (Å²) in [6.07, 6.45) is 4.31. The van der Waals surface area contributed by atoms with Crippen LogP contribution < -0.4 is 5.32 Å². The number of halogens is 1. The van der Waals surface area contributed by atoms with Crippen molar-refractivity contribution in [1.29, 1.82) is 0 Å². The molecule has 6 nitrogen and oxygen atoms in total. The number of hydrogen-bond donors (Lipinski definition) is 1. The van der Waals surface area contributed by atoms with E-state index in [1.165, 1.54) is 12.5 Å². The molecule has 1 amide bonds. The lowest BCUT2D eigenvalue weighted by atomic mass is 10.1. The molecule has 25 heavy (non-hydrogen) atoms. The van der Waals surface area contributed by atoms with Gasteiger partial charge in [-0.1, -0.05) is 18.6 Å². The van der Waals surface area contributed by atoms with Gasteiger partial charge in [-0.2, -0.15) is 0 Å². The van der Waals surface area contributed by atoms with Crippen LogP contribution in [-0.4, -0.2) is 20.7 Å². The zero-order valence-corrected chi connectivity index (χ0v) is 14.0. The summed E-state index contributed by atoms with van der Waals surface area (Å²) in [5.41, 5.74) is 0.744. The summed E-state index contributed by atoms with van der Waals surface area (Å²) in [6.45, 7) is 2.90. The first-order chi connectivity index (χ1) is 12.1. The van der Waals surface area contributed by atoms with Crippen molar-refractivity contribution < 1.29 is 13.6 Å². The Hall–Kier alpha value is -2.70. The van der Waals surface area contributed by atoms with Gasteiger partial charge in [-0.05, 0) is 25.8 Å². The molecule has 1 aromatic carbocycles. The number of aromatic nitrogens is 3. The van der Waals surface area contributed by atoms with E-state index in [0.717, 1.165) is 37.5 Å². The average molecular weight is 342 g/mol. The van der Waals surface area contributed by atoms with Gasteiger partial charge in [-0.25, -0.2) is 4.39 Å². The normalized spacial score (nSPS) is 14.3. The van der Waals surface area contributed by atoms with Gasteiger partial charge >= 0.3 is 0 Å². The first kappa shape index (κ1) is 15.8. The highest BCUT2D eigenvalue weighted by Crippen LogP contribution is 2.27. The summed E-state index contributed by atoms with van der Waals surface area (Å²) in [7, 11) is 0. The Kier molecular flexibility index (Phi) is 3.99. The van der Waals surface area contributed by atoms with Crippen molar-refractivity contribution in [3.05, 3.63) is 47.0 Å². The van der Waals surface area contributed by atoms with E-state index in [1.54, 1.807) is 19.1 Å². The molecular formula is C18H19FN4O2. The third-order valence-corrected chi connectivity index (χ3v) is 4.72. The number of hydrogen-bond acceptors (Lipinski definition) is 4. The first-order valence-electron chi connectivity index (χ1n) is 8.52. The molecular weight excluding hydrogens is 323 g/mol. The lowest BCUT2D eigenvalue weighted by Crippen LogP contribution is -2.25. The third kappa shape index (κ3) is 2.79. The number of nitrogens with zero attached hydrogens (tertiary/aromatic N) is 3. The van der Waals surface area contributed by atoms with Crippen molar-refractivity contribution in [2.24, 2.45) is 0 Å². The fourth-order valence-electron chi connectivity index (χ4n) is 3.34. The van der Waals surface area contributed by atoms with Crippen LogP contribution in [-0.2, 0) is 19.5 Å². The van der Waals surface area contributed by atoms with Gasteiger partial charge in [0.25, 0.3) is 5.91 Å². The van der Waals surface area contributed by atoms with E-state index in [9.17, 15) is 9.18 Å². The summed E-state index contributed by atoms with van der Waals surface area (Å²) in [6, 6.07) is 4.66. The maximum atomic E-state index is 13.8.